The monoisotopic (exact) mass is 364 g/mol. The zero-order valence-corrected chi connectivity index (χ0v) is 13.0. The van der Waals surface area contributed by atoms with Crippen molar-refractivity contribution in [1.82, 2.24) is 0 Å². The van der Waals surface area contributed by atoms with Gasteiger partial charge in [-0.25, -0.2) is 0 Å². The molecule has 0 atom stereocenters. The number of aliphatic hydroxyl groups is 1. The van der Waals surface area contributed by atoms with Gasteiger partial charge in [-0.2, -0.15) is 5.11 Å². The first kappa shape index (κ1) is 15.4. The van der Waals surface area contributed by atoms with Gasteiger partial charge in [0.1, 0.15) is 6.26 Å². The molecule has 0 aliphatic rings. The van der Waals surface area contributed by atoms with E-state index >= 15 is 0 Å². The molecule has 106 valence electrons. The Labute approximate surface area is 134 Å². The van der Waals surface area contributed by atoms with E-state index in [1.54, 1.807) is 48.5 Å². The maximum absolute atomic E-state index is 12.1. The molecule has 0 spiro atoms. The number of aliphatic hydroxyl groups excluding tert-OH is 1. The highest BCUT2D eigenvalue weighted by Crippen LogP contribution is 2.19. The van der Waals surface area contributed by atoms with Crippen molar-refractivity contribution in [3.63, 3.8) is 0 Å². The van der Waals surface area contributed by atoms with Crippen LogP contribution in [0.3, 0.4) is 0 Å². The maximum atomic E-state index is 12.1. The number of benzene rings is 2. The van der Waals surface area contributed by atoms with Gasteiger partial charge in [-0.05, 0) is 48.5 Å². The Kier molecular flexibility index (Phi) is 5.25. The van der Waals surface area contributed by atoms with Gasteiger partial charge in [-0.1, -0.05) is 27.5 Å². The SMILES string of the molecule is O=C(/C(=C\O)N=Nc1ccc(Cl)cc1)c1ccc(Br)cc1. The van der Waals surface area contributed by atoms with Gasteiger partial charge in [-0.15, -0.1) is 5.11 Å². The molecule has 0 fully saturated rings. The van der Waals surface area contributed by atoms with E-state index in [1.165, 1.54) is 0 Å². The summed E-state index contributed by atoms with van der Waals surface area (Å²) in [7, 11) is 0. The molecule has 4 nitrogen and oxygen atoms in total. The van der Waals surface area contributed by atoms with Gasteiger partial charge >= 0.3 is 0 Å². The smallest absolute Gasteiger partial charge is 0.216 e. The Hall–Kier alpha value is -1.98. The average molecular weight is 366 g/mol. The van der Waals surface area contributed by atoms with Crippen molar-refractivity contribution in [2.45, 2.75) is 0 Å². The topological polar surface area (TPSA) is 62.0 Å². The number of allylic oxidation sites excluding steroid dienone is 1. The fourth-order valence-corrected chi connectivity index (χ4v) is 1.89. The third-order valence-electron chi connectivity index (χ3n) is 2.56. The standard InChI is InChI=1S/C15H10BrClN2O2/c16-11-3-1-10(2-4-11)15(21)14(9-20)19-18-13-7-5-12(17)6-8-13/h1-9,20H/b14-9+,19-18?. The van der Waals surface area contributed by atoms with Crippen molar-refractivity contribution in [2.24, 2.45) is 10.2 Å². The number of carbonyl (C=O) groups is 1. The number of carbonyl (C=O) groups excluding carboxylic acids is 1. The Bertz CT molecular complexity index is 695. The lowest BCUT2D eigenvalue weighted by Crippen LogP contribution is -2.01. The first-order chi connectivity index (χ1) is 10.1. The van der Waals surface area contributed by atoms with Gasteiger partial charge in [0.2, 0.25) is 5.78 Å². The van der Waals surface area contributed by atoms with Crippen LogP contribution in [0.1, 0.15) is 10.4 Å². The first-order valence-electron chi connectivity index (χ1n) is 5.92. The van der Waals surface area contributed by atoms with Crippen molar-refractivity contribution in [3.05, 3.63) is 75.5 Å². The fourth-order valence-electron chi connectivity index (χ4n) is 1.50. The Balaban J connectivity index is 2.18. The van der Waals surface area contributed by atoms with Crippen LogP contribution in [0.4, 0.5) is 5.69 Å². The summed E-state index contributed by atoms with van der Waals surface area (Å²) in [6.45, 7) is 0. The molecule has 0 saturated carbocycles. The molecule has 0 bridgehead atoms. The summed E-state index contributed by atoms with van der Waals surface area (Å²) >= 11 is 9.05. The van der Waals surface area contributed by atoms with E-state index in [-0.39, 0.29) is 5.70 Å². The summed E-state index contributed by atoms with van der Waals surface area (Å²) in [5.74, 6) is -0.414. The number of Topliss-reactive ketones (excluding diaryl/α,β-unsaturated/α-hetero) is 1. The molecule has 0 aromatic heterocycles. The van der Waals surface area contributed by atoms with Gasteiger partial charge in [0.25, 0.3) is 0 Å². The molecule has 2 aromatic rings. The molecule has 1 N–H and O–H groups in total. The molecular weight excluding hydrogens is 356 g/mol. The highest BCUT2D eigenvalue weighted by Gasteiger charge is 2.12. The quantitative estimate of drug-likeness (QED) is 0.338. The number of ketones is 1. The Morgan fingerprint density at radius 2 is 1.71 bits per heavy atom. The lowest BCUT2D eigenvalue weighted by molar-refractivity contribution is 0.102. The normalized spacial score (nSPS) is 11.8. The summed E-state index contributed by atoms with van der Waals surface area (Å²) in [5.41, 5.74) is 0.795. The van der Waals surface area contributed by atoms with Crippen LogP contribution in [0, 0.1) is 0 Å². The number of azo groups is 1. The van der Waals surface area contributed by atoms with Crippen LogP contribution >= 0.6 is 27.5 Å². The molecule has 0 saturated heterocycles. The molecule has 0 unspecified atom stereocenters. The van der Waals surface area contributed by atoms with Crippen molar-refractivity contribution in [3.8, 4) is 0 Å². The Morgan fingerprint density at radius 1 is 1.10 bits per heavy atom. The van der Waals surface area contributed by atoms with Crippen molar-refractivity contribution in [2.75, 3.05) is 0 Å². The molecule has 21 heavy (non-hydrogen) atoms. The van der Waals surface area contributed by atoms with Crippen LogP contribution in [-0.4, -0.2) is 10.9 Å². The Morgan fingerprint density at radius 3 is 2.29 bits per heavy atom. The summed E-state index contributed by atoms with van der Waals surface area (Å²) in [5, 5.41) is 17.4. The van der Waals surface area contributed by atoms with E-state index in [2.05, 4.69) is 26.2 Å². The van der Waals surface area contributed by atoms with Crippen molar-refractivity contribution >= 4 is 39.0 Å². The van der Waals surface area contributed by atoms with E-state index in [0.29, 0.717) is 22.5 Å². The van der Waals surface area contributed by atoms with E-state index in [4.69, 9.17) is 16.7 Å². The van der Waals surface area contributed by atoms with E-state index in [0.717, 1.165) is 4.47 Å². The van der Waals surface area contributed by atoms with Crippen LogP contribution < -0.4 is 0 Å². The third kappa shape index (κ3) is 4.24. The zero-order valence-electron chi connectivity index (χ0n) is 10.7. The maximum Gasteiger partial charge on any atom is 0.216 e. The number of hydrogen-bond acceptors (Lipinski definition) is 4. The van der Waals surface area contributed by atoms with Crippen LogP contribution in [0.15, 0.2) is 75.2 Å². The highest BCUT2D eigenvalue weighted by atomic mass is 79.9. The number of halogens is 2. The van der Waals surface area contributed by atoms with Gasteiger partial charge in [0, 0.05) is 15.1 Å². The summed E-state index contributed by atoms with van der Waals surface area (Å²) in [4.78, 5) is 12.1. The molecule has 2 rings (SSSR count). The van der Waals surface area contributed by atoms with Gasteiger partial charge in [-0.3, -0.25) is 4.79 Å². The van der Waals surface area contributed by atoms with Crippen molar-refractivity contribution in [1.29, 1.82) is 0 Å². The van der Waals surface area contributed by atoms with E-state index in [9.17, 15) is 4.79 Å². The molecule has 6 heteroatoms. The molecule has 0 radical (unpaired) electrons. The molecular formula is C15H10BrClN2O2. The van der Waals surface area contributed by atoms with Crippen LogP contribution in [0.25, 0.3) is 0 Å². The molecule has 0 heterocycles. The van der Waals surface area contributed by atoms with Crippen LogP contribution in [0.5, 0.6) is 0 Å². The van der Waals surface area contributed by atoms with Gasteiger partial charge < -0.3 is 5.11 Å². The molecule has 2 aromatic carbocycles. The minimum atomic E-state index is -0.414. The fraction of sp³-hybridized carbons (Fsp3) is 0. The second-order valence-corrected chi connectivity index (χ2v) is 5.38. The third-order valence-corrected chi connectivity index (χ3v) is 3.34. The second-order valence-electron chi connectivity index (χ2n) is 4.03. The lowest BCUT2D eigenvalue weighted by atomic mass is 10.1. The number of rotatable bonds is 4. The summed E-state index contributed by atoms with van der Waals surface area (Å²) < 4.78 is 0.858. The molecule has 0 aliphatic carbocycles. The van der Waals surface area contributed by atoms with E-state index < -0.39 is 5.78 Å². The highest BCUT2D eigenvalue weighted by molar-refractivity contribution is 9.10. The first-order valence-corrected chi connectivity index (χ1v) is 7.09. The van der Waals surface area contributed by atoms with Crippen molar-refractivity contribution < 1.29 is 9.90 Å². The van der Waals surface area contributed by atoms with E-state index in [1.807, 2.05) is 0 Å². The average Bonchev–Trinajstić information content (AvgIpc) is 2.50. The number of nitrogens with zero attached hydrogens (tertiary/aromatic N) is 2. The molecule has 0 amide bonds. The van der Waals surface area contributed by atoms with Gasteiger partial charge in [0.15, 0.2) is 5.70 Å². The van der Waals surface area contributed by atoms with Crippen LogP contribution in [0.2, 0.25) is 5.02 Å². The van der Waals surface area contributed by atoms with Gasteiger partial charge in [0.05, 0.1) is 5.69 Å². The zero-order chi connectivity index (χ0) is 15.2. The minimum Gasteiger partial charge on any atom is -0.513 e. The predicted molar refractivity (Wildman–Crippen MR) is 85.2 cm³/mol. The predicted octanol–water partition coefficient (Wildman–Crippen LogP) is 5.47. The largest absolute Gasteiger partial charge is 0.513 e. The van der Waals surface area contributed by atoms with Crippen LogP contribution in [-0.2, 0) is 0 Å². The lowest BCUT2D eigenvalue weighted by Gasteiger charge is -2.00. The minimum absolute atomic E-state index is 0.146. The molecule has 0 aliphatic heterocycles. The summed E-state index contributed by atoms with van der Waals surface area (Å²) in [6.07, 6.45) is 0.643. The summed E-state index contributed by atoms with van der Waals surface area (Å²) in [6, 6.07) is 13.4. The second kappa shape index (κ2) is 7.15. The number of hydrogen-bond donors (Lipinski definition) is 1.